The van der Waals surface area contributed by atoms with Crippen LogP contribution < -0.4 is 5.32 Å². The fourth-order valence-corrected chi connectivity index (χ4v) is 3.70. The number of thiophene rings is 1. The first-order chi connectivity index (χ1) is 9.44. The number of anilines is 1. The largest absolute Gasteiger partial charge is 0.378 e. The van der Waals surface area contributed by atoms with Crippen molar-refractivity contribution in [3.63, 3.8) is 0 Å². The van der Waals surface area contributed by atoms with Crippen LogP contribution in [0.3, 0.4) is 0 Å². The molecular formula is C16H17BrN2S. The molecule has 0 aliphatic rings. The van der Waals surface area contributed by atoms with E-state index in [0.29, 0.717) is 0 Å². The molecule has 0 saturated carbocycles. The summed E-state index contributed by atoms with van der Waals surface area (Å²) >= 11 is 5.30. The summed E-state index contributed by atoms with van der Waals surface area (Å²) < 4.78 is 1.14. The number of hydrogen-bond acceptors (Lipinski definition) is 3. The van der Waals surface area contributed by atoms with Gasteiger partial charge in [-0.3, -0.25) is 0 Å². The molecule has 0 aliphatic heterocycles. The number of nitrogens with zero attached hydrogens (tertiary/aromatic N) is 1. The van der Waals surface area contributed by atoms with Crippen molar-refractivity contribution in [1.82, 2.24) is 0 Å². The Labute approximate surface area is 132 Å². The van der Waals surface area contributed by atoms with Crippen LogP contribution in [0.2, 0.25) is 0 Å². The van der Waals surface area contributed by atoms with Crippen molar-refractivity contribution in [2.75, 3.05) is 5.32 Å². The molecule has 0 radical (unpaired) electrons. The van der Waals surface area contributed by atoms with E-state index < -0.39 is 5.41 Å². The second-order valence-corrected chi connectivity index (χ2v) is 7.11. The highest BCUT2D eigenvalue weighted by Crippen LogP contribution is 2.31. The van der Waals surface area contributed by atoms with Gasteiger partial charge in [-0.2, -0.15) is 5.26 Å². The molecule has 1 heterocycles. The van der Waals surface area contributed by atoms with Gasteiger partial charge in [-0.15, -0.1) is 11.3 Å². The third-order valence-electron chi connectivity index (χ3n) is 3.31. The van der Waals surface area contributed by atoms with Crippen LogP contribution in [-0.2, 0) is 5.41 Å². The number of rotatable bonds is 4. The zero-order chi connectivity index (χ0) is 14.8. The lowest BCUT2D eigenvalue weighted by molar-refractivity contribution is 0.687. The van der Waals surface area contributed by atoms with Gasteiger partial charge in [0.2, 0.25) is 0 Å². The molecule has 1 N–H and O–H groups in total. The maximum atomic E-state index is 9.15. The Hall–Kier alpha value is -1.31. The minimum Gasteiger partial charge on any atom is -0.378 e. The molecule has 1 aromatic heterocycles. The lowest BCUT2D eigenvalue weighted by atomic mass is 9.86. The first-order valence-corrected chi connectivity index (χ1v) is 8.12. The highest BCUT2D eigenvalue weighted by Gasteiger charge is 2.19. The molecule has 20 heavy (non-hydrogen) atoms. The van der Waals surface area contributed by atoms with Crippen molar-refractivity contribution in [1.29, 1.82) is 5.26 Å². The van der Waals surface area contributed by atoms with Gasteiger partial charge in [-0.25, -0.2) is 0 Å². The topological polar surface area (TPSA) is 35.8 Å². The van der Waals surface area contributed by atoms with Crippen LogP contribution in [0.25, 0.3) is 0 Å². The second kappa shape index (κ2) is 5.99. The Bertz CT molecular complexity index is 623. The highest BCUT2D eigenvalue weighted by molar-refractivity contribution is 9.10. The number of benzene rings is 1. The Kier molecular flexibility index (Phi) is 4.52. The predicted molar refractivity (Wildman–Crippen MR) is 89.1 cm³/mol. The number of halogens is 1. The molecule has 2 rings (SSSR count). The molecule has 0 saturated heterocycles. The summed E-state index contributed by atoms with van der Waals surface area (Å²) in [6.45, 7) is 6.01. The van der Waals surface area contributed by atoms with E-state index in [4.69, 9.17) is 5.26 Å². The molecule has 1 atom stereocenters. The monoisotopic (exact) mass is 348 g/mol. The van der Waals surface area contributed by atoms with Gasteiger partial charge in [0.15, 0.2) is 0 Å². The number of hydrogen-bond donors (Lipinski definition) is 1. The van der Waals surface area contributed by atoms with Gasteiger partial charge >= 0.3 is 0 Å². The molecule has 0 amide bonds. The van der Waals surface area contributed by atoms with Crippen LogP contribution in [0.4, 0.5) is 5.69 Å². The molecule has 0 spiro atoms. The SMILES string of the molecule is CC(Nc1ccc(C(C)(C)C#N)cc1)c1sccc1Br. The molecule has 0 fully saturated rings. The van der Waals surface area contributed by atoms with Crippen LogP contribution in [-0.4, -0.2) is 0 Å². The standard InChI is InChI=1S/C16H17BrN2S/c1-11(15-14(17)8-9-20-15)19-13-6-4-12(5-7-13)16(2,3)10-18/h4-9,11,19H,1-3H3. The smallest absolute Gasteiger partial charge is 0.0766 e. The summed E-state index contributed by atoms with van der Waals surface area (Å²) in [6.07, 6.45) is 0. The van der Waals surface area contributed by atoms with Crippen molar-refractivity contribution in [2.24, 2.45) is 0 Å². The van der Waals surface area contributed by atoms with Crippen LogP contribution in [0.1, 0.15) is 37.3 Å². The highest BCUT2D eigenvalue weighted by atomic mass is 79.9. The Balaban J connectivity index is 2.12. The summed E-state index contributed by atoms with van der Waals surface area (Å²) in [7, 11) is 0. The van der Waals surface area contributed by atoms with E-state index in [9.17, 15) is 0 Å². The summed E-state index contributed by atoms with van der Waals surface area (Å²) in [4.78, 5) is 1.28. The quantitative estimate of drug-likeness (QED) is 0.793. The first-order valence-electron chi connectivity index (χ1n) is 6.45. The summed E-state index contributed by atoms with van der Waals surface area (Å²) in [5, 5.41) is 14.7. The van der Waals surface area contributed by atoms with E-state index in [1.165, 1.54) is 4.88 Å². The lowest BCUT2D eigenvalue weighted by Crippen LogP contribution is -2.13. The van der Waals surface area contributed by atoms with E-state index in [1.807, 2.05) is 38.1 Å². The van der Waals surface area contributed by atoms with Gasteiger partial charge in [0, 0.05) is 15.0 Å². The van der Waals surface area contributed by atoms with E-state index >= 15 is 0 Å². The Morgan fingerprint density at radius 2 is 1.90 bits per heavy atom. The van der Waals surface area contributed by atoms with Gasteiger partial charge in [-0.05, 0) is 65.8 Å². The van der Waals surface area contributed by atoms with E-state index in [-0.39, 0.29) is 6.04 Å². The Morgan fingerprint density at radius 1 is 1.25 bits per heavy atom. The minimum atomic E-state index is -0.444. The van der Waals surface area contributed by atoms with Crippen LogP contribution in [0, 0.1) is 11.3 Å². The van der Waals surface area contributed by atoms with Crippen molar-refractivity contribution in [2.45, 2.75) is 32.2 Å². The van der Waals surface area contributed by atoms with E-state index in [2.05, 4.69) is 45.7 Å². The van der Waals surface area contributed by atoms with Crippen LogP contribution in [0.5, 0.6) is 0 Å². The Morgan fingerprint density at radius 3 is 2.40 bits per heavy atom. The average molecular weight is 349 g/mol. The molecule has 1 aromatic carbocycles. The maximum absolute atomic E-state index is 9.15. The summed E-state index contributed by atoms with van der Waals surface area (Å²) in [5.74, 6) is 0. The van der Waals surface area contributed by atoms with Crippen molar-refractivity contribution in [3.8, 4) is 6.07 Å². The molecular weight excluding hydrogens is 332 g/mol. The molecule has 104 valence electrons. The van der Waals surface area contributed by atoms with E-state index in [0.717, 1.165) is 15.7 Å². The van der Waals surface area contributed by atoms with Gasteiger partial charge in [0.1, 0.15) is 0 Å². The fraction of sp³-hybridized carbons (Fsp3) is 0.312. The fourth-order valence-electron chi connectivity index (χ4n) is 1.98. The lowest BCUT2D eigenvalue weighted by Gasteiger charge is -2.18. The maximum Gasteiger partial charge on any atom is 0.0766 e. The molecule has 1 unspecified atom stereocenters. The van der Waals surface area contributed by atoms with Crippen LogP contribution >= 0.6 is 27.3 Å². The number of nitriles is 1. The third-order valence-corrected chi connectivity index (χ3v) is 5.36. The average Bonchev–Trinajstić information content (AvgIpc) is 2.85. The molecule has 2 nitrogen and oxygen atoms in total. The van der Waals surface area contributed by atoms with Gasteiger partial charge < -0.3 is 5.32 Å². The number of nitrogens with one attached hydrogen (secondary N) is 1. The molecule has 2 aromatic rings. The van der Waals surface area contributed by atoms with E-state index in [1.54, 1.807) is 11.3 Å². The molecule has 4 heteroatoms. The zero-order valence-electron chi connectivity index (χ0n) is 11.8. The van der Waals surface area contributed by atoms with Gasteiger partial charge in [-0.1, -0.05) is 12.1 Å². The van der Waals surface area contributed by atoms with Crippen LogP contribution in [0.15, 0.2) is 40.2 Å². The summed E-state index contributed by atoms with van der Waals surface area (Å²) in [6, 6.07) is 12.7. The van der Waals surface area contributed by atoms with Gasteiger partial charge in [0.05, 0.1) is 17.5 Å². The first kappa shape index (κ1) is 15.1. The molecule has 0 aliphatic carbocycles. The zero-order valence-corrected chi connectivity index (χ0v) is 14.2. The van der Waals surface area contributed by atoms with Crippen molar-refractivity contribution >= 4 is 33.0 Å². The second-order valence-electron chi connectivity index (χ2n) is 5.31. The summed E-state index contributed by atoms with van der Waals surface area (Å²) in [5.41, 5.74) is 1.66. The predicted octanol–water partition coefficient (Wildman–Crippen LogP) is 5.48. The minimum absolute atomic E-state index is 0.249. The normalized spacial score (nSPS) is 12.8. The third kappa shape index (κ3) is 3.23. The van der Waals surface area contributed by atoms with Crippen molar-refractivity contribution in [3.05, 3.63) is 50.6 Å². The van der Waals surface area contributed by atoms with Gasteiger partial charge in [0.25, 0.3) is 0 Å². The van der Waals surface area contributed by atoms with Crippen molar-refractivity contribution < 1.29 is 0 Å². The molecule has 0 bridgehead atoms.